The Morgan fingerprint density at radius 2 is 1.92 bits per heavy atom. The van der Waals surface area contributed by atoms with E-state index in [2.05, 4.69) is 4.98 Å². The number of Topliss-reactive ketones (excluding diaryl/α,β-unsaturated/α-hetero) is 1. The van der Waals surface area contributed by atoms with E-state index < -0.39 is 6.09 Å². The highest BCUT2D eigenvalue weighted by atomic mass is 16.6. The van der Waals surface area contributed by atoms with Crippen LogP contribution in [-0.2, 0) is 4.74 Å². The van der Waals surface area contributed by atoms with Crippen LogP contribution in [0.4, 0.5) is 4.79 Å². The van der Waals surface area contributed by atoms with Crippen molar-refractivity contribution in [1.29, 1.82) is 0 Å². The molecule has 2 aliphatic heterocycles. The normalized spacial score (nSPS) is 17.8. The number of carbonyl (C=O) groups is 2. The van der Waals surface area contributed by atoms with E-state index in [1.807, 2.05) is 0 Å². The first-order valence-corrected chi connectivity index (χ1v) is 8.23. The van der Waals surface area contributed by atoms with E-state index in [4.69, 9.17) is 14.2 Å². The maximum Gasteiger partial charge on any atom is 0.415 e. The number of hydrogen-bond donors (Lipinski definition) is 0. The number of nitrogens with zero attached hydrogens (tertiary/aromatic N) is 2. The summed E-state index contributed by atoms with van der Waals surface area (Å²) < 4.78 is 16.3. The van der Waals surface area contributed by atoms with Gasteiger partial charge in [0.25, 0.3) is 0 Å². The van der Waals surface area contributed by atoms with Crippen LogP contribution in [0.1, 0.15) is 15.9 Å². The summed E-state index contributed by atoms with van der Waals surface area (Å²) in [5.74, 6) is 0.728. The van der Waals surface area contributed by atoms with E-state index in [1.165, 1.54) is 0 Å². The molecule has 7 nitrogen and oxygen atoms in total. The lowest BCUT2D eigenvalue weighted by molar-refractivity contribution is 0.0416. The van der Waals surface area contributed by atoms with Gasteiger partial charge in [-0.15, -0.1) is 0 Å². The van der Waals surface area contributed by atoms with Gasteiger partial charge in [0.1, 0.15) is 11.5 Å². The zero-order valence-electron chi connectivity index (χ0n) is 13.9. The van der Waals surface area contributed by atoms with Gasteiger partial charge in [-0.3, -0.25) is 9.78 Å². The fourth-order valence-corrected chi connectivity index (χ4v) is 2.75. The standard InChI is InChI=1S/C19H16N2O5/c22-18-15-2-1-14(25-19(23)21-7-9-24-10-8-21)12-16(15)26-17(18)11-13-3-5-20-6-4-13/h1-6,11-12H,7-10H2. The summed E-state index contributed by atoms with van der Waals surface area (Å²) in [7, 11) is 0. The summed E-state index contributed by atoms with van der Waals surface area (Å²) in [5, 5.41) is 0. The molecule has 1 aromatic carbocycles. The average Bonchev–Trinajstić information content (AvgIpc) is 2.98. The molecule has 0 spiro atoms. The third kappa shape index (κ3) is 3.29. The van der Waals surface area contributed by atoms with E-state index >= 15 is 0 Å². The first-order valence-electron chi connectivity index (χ1n) is 8.23. The molecule has 0 bridgehead atoms. The summed E-state index contributed by atoms with van der Waals surface area (Å²) >= 11 is 0. The van der Waals surface area contributed by atoms with Crippen LogP contribution in [0.5, 0.6) is 11.5 Å². The van der Waals surface area contributed by atoms with E-state index in [0.29, 0.717) is 43.4 Å². The molecule has 0 N–H and O–H groups in total. The molecule has 0 radical (unpaired) electrons. The summed E-state index contributed by atoms with van der Waals surface area (Å²) in [4.78, 5) is 30.1. The van der Waals surface area contributed by atoms with Gasteiger partial charge < -0.3 is 19.1 Å². The Morgan fingerprint density at radius 3 is 2.69 bits per heavy atom. The zero-order chi connectivity index (χ0) is 17.9. The first kappa shape index (κ1) is 16.3. The number of morpholine rings is 1. The maximum atomic E-state index is 12.4. The second kappa shape index (κ2) is 6.97. The molecular weight excluding hydrogens is 336 g/mol. The molecule has 1 aromatic heterocycles. The van der Waals surface area contributed by atoms with Crippen LogP contribution >= 0.6 is 0 Å². The molecule has 1 saturated heterocycles. The van der Waals surface area contributed by atoms with Crippen molar-refractivity contribution in [3.8, 4) is 11.5 Å². The van der Waals surface area contributed by atoms with E-state index in [1.54, 1.807) is 53.7 Å². The Morgan fingerprint density at radius 1 is 1.15 bits per heavy atom. The molecule has 2 aliphatic rings. The van der Waals surface area contributed by atoms with Gasteiger partial charge in [0.2, 0.25) is 5.78 Å². The van der Waals surface area contributed by atoms with Gasteiger partial charge in [0.15, 0.2) is 5.76 Å². The highest BCUT2D eigenvalue weighted by molar-refractivity contribution is 6.14. The number of carbonyl (C=O) groups excluding carboxylic acids is 2. The Balaban J connectivity index is 1.50. The number of benzene rings is 1. The quantitative estimate of drug-likeness (QED) is 0.773. The fraction of sp³-hybridized carbons (Fsp3) is 0.211. The molecule has 1 amide bonds. The van der Waals surface area contributed by atoms with Crippen LogP contribution in [0, 0.1) is 0 Å². The number of hydrogen-bond acceptors (Lipinski definition) is 6. The Kier molecular flexibility index (Phi) is 4.37. The van der Waals surface area contributed by atoms with Crippen molar-refractivity contribution in [1.82, 2.24) is 9.88 Å². The number of aromatic nitrogens is 1. The smallest absolute Gasteiger partial charge is 0.415 e. The molecule has 0 aliphatic carbocycles. The van der Waals surface area contributed by atoms with Crippen LogP contribution in [0.2, 0.25) is 0 Å². The molecule has 0 unspecified atom stereocenters. The van der Waals surface area contributed by atoms with Crippen LogP contribution in [-0.4, -0.2) is 48.1 Å². The first-order chi connectivity index (χ1) is 12.7. The van der Waals surface area contributed by atoms with Crippen molar-refractivity contribution < 1.29 is 23.8 Å². The number of allylic oxidation sites excluding steroid dienone is 1. The third-order valence-electron chi connectivity index (χ3n) is 4.12. The molecule has 2 aromatic rings. The van der Waals surface area contributed by atoms with Gasteiger partial charge in [-0.25, -0.2) is 4.79 Å². The second-order valence-corrected chi connectivity index (χ2v) is 5.85. The second-order valence-electron chi connectivity index (χ2n) is 5.85. The molecule has 7 heteroatoms. The summed E-state index contributed by atoms with van der Waals surface area (Å²) in [6.07, 6.45) is 4.50. The van der Waals surface area contributed by atoms with Gasteiger partial charge in [-0.2, -0.15) is 0 Å². The van der Waals surface area contributed by atoms with Crippen molar-refractivity contribution in [2.45, 2.75) is 0 Å². The lowest BCUT2D eigenvalue weighted by Crippen LogP contribution is -2.42. The zero-order valence-corrected chi connectivity index (χ0v) is 13.9. The predicted octanol–water partition coefficient (Wildman–Crippen LogP) is 2.53. The van der Waals surface area contributed by atoms with Crippen LogP contribution in [0.25, 0.3) is 6.08 Å². The fourth-order valence-electron chi connectivity index (χ4n) is 2.75. The third-order valence-corrected chi connectivity index (χ3v) is 4.12. The Labute approximate surface area is 149 Å². The SMILES string of the molecule is O=C1C(=Cc2ccncc2)Oc2cc(OC(=O)N3CCOCC3)ccc21. The monoisotopic (exact) mass is 352 g/mol. The summed E-state index contributed by atoms with van der Waals surface area (Å²) in [5.41, 5.74) is 1.26. The van der Waals surface area contributed by atoms with Gasteiger partial charge in [-0.05, 0) is 35.9 Å². The number of ether oxygens (including phenoxy) is 3. The number of ketones is 1. The van der Waals surface area contributed by atoms with E-state index in [-0.39, 0.29) is 11.5 Å². The van der Waals surface area contributed by atoms with Crippen LogP contribution < -0.4 is 9.47 Å². The Bertz CT molecular complexity index is 873. The van der Waals surface area contributed by atoms with Gasteiger partial charge in [0.05, 0.1) is 18.8 Å². The molecule has 26 heavy (non-hydrogen) atoms. The van der Waals surface area contributed by atoms with Crippen molar-refractivity contribution in [2.75, 3.05) is 26.3 Å². The number of pyridine rings is 1. The van der Waals surface area contributed by atoms with Gasteiger partial charge in [0, 0.05) is 31.5 Å². The maximum absolute atomic E-state index is 12.4. The molecule has 3 heterocycles. The van der Waals surface area contributed by atoms with Crippen molar-refractivity contribution >= 4 is 18.0 Å². The number of rotatable bonds is 2. The topological polar surface area (TPSA) is 78.0 Å². The summed E-state index contributed by atoms with van der Waals surface area (Å²) in [6, 6.07) is 8.31. The average molecular weight is 352 g/mol. The predicted molar refractivity (Wildman–Crippen MR) is 92.0 cm³/mol. The minimum atomic E-state index is -0.440. The molecule has 132 valence electrons. The minimum absolute atomic E-state index is 0.206. The van der Waals surface area contributed by atoms with Crippen molar-refractivity contribution in [3.63, 3.8) is 0 Å². The van der Waals surface area contributed by atoms with Crippen LogP contribution in [0.15, 0.2) is 48.5 Å². The Hall–Kier alpha value is -3.19. The lowest BCUT2D eigenvalue weighted by atomic mass is 10.1. The molecule has 4 rings (SSSR count). The molecule has 0 atom stereocenters. The minimum Gasteiger partial charge on any atom is -0.452 e. The van der Waals surface area contributed by atoms with Crippen LogP contribution in [0.3, 0.4) is 0 Å². The largest absolute Gasteiger partial charge is 0.452 e. The van der Waals surface area contributed by atoms with Crippen molar-refractivity contribution in [2.24, 2.45) is 0 Å². The molecule has 0 saturated carbocycles. The van der Waals surface area contributed by atoms with E-state index in [9.17, 15) is 9.59 Å². The summed E-state index contributed by atoms with van der Waals surface area (Å²) in [6.45, 7) is 2.00. The lowest BCUT2D eigenvalue weighted by Gasteiger charge is -2.25. The number of amides is 1. The number of fused-ring (bicyclic) bond motifs is 1. The van der Waals surface area contributed by atoms with Crippen molar-refractivity contribution in [3.05, 3.63) is 59.6 Å². The highest BCUT2D eigenvalue weighted by Gasteiger charge is 2.28. The van der Waals surface area contributed by atoms with Gasteiger partial charge in [-0.1, -0.05) is 0 Å². The van der Waals surface area contributed by atoms with E-state index in [0.717, 1.165) is 5.56 Å². The molecule has 1 fully saturated rings. The van der Waals surface area contributed by atoms with Gasteiger partial charge >= 0.3 is 6.09 Å². The molecular formula is C19H16N2O5. The highest BCUT2D eigenvalue weighted by Crippen LogP contribution is 2.35.